The number of nitrogens with zero attached hydrogens (tertiary/aromatic N) is 1. The van der Waals surface area contributed by atoms with Crippen LogP contribution in [0.4, 0.5) is 5.69 Å². The van der Waals surface area contributed by atoms with Gasteiger partial charge in [0.2, 0.25) is 5.91 Å². The highest BCUT2D eigenvalue weighted by molar-refractivity contribution is 6.00. The van der Waals surface area contributed by atoms with Gasteiger partial charge in [-0.05, 0) is 31.5 Å². The monoisotopic (exact) mass is 247 g/mol. The lowest BCUT2D eigenvalue weighted by Crippen LogP contribution is -2.35. The van der Waals surface area contributed by atoms with E-state index in [4.69, 9.17) is 4.74 Å². The van der Waals surface area contributed by atoms with Crippen LogP contribution in [0.25, 0.3) is 0 Å². The van der Waals surface area contributed by atoms with Crippen molar-refractivity contribution in [1.29, 1.82) is 0 Å². The van der Waals surface area contributed by atoms with Crippen LogP contribution < -0.4 is 4.90 Å². The largest absolute Gasteiger partial charge is 0.469 e. The Balaban J connectivity index is 2.29. The fourth-order valence-corrected chi connectivity index (χ4v) is 2.45. The molecule has 0 aromatic heterocycles. The van der Waals surface area contributed by atoms with Crippen LogP contribution in [-0.2, 0) is 14.3 Å². The number of aryl methyl sites for hydroxylation is 1. The minimum absolute atomic E-state index is 0.0245. The molecule has 96 valence electrons. The summed E-state index contributed by atoms with van der Waals surface area (Å²) in [5.41, 5.74) is 1.94. The number of ether oxygens (including phenoxy) is 1. The third-order valence-corrected chi connectivity index (χ3v) is 3.44. The van der Waals surface area contributed by atoms with Crippen molar-refractivity contribution in [2.75, 3.05) is 12.0 Å². The molecule has 4 heteroatoms. The summed E-state index contributed by atoms with van der Waals surface area (Å²) in [7, 11) is 1.36. The van der Waals surface area contributed by atoms with Crippen molar-refractivity contribution >= 4 is 17.6 Å². The summed E-state index contributed by atoms with van der Waals surface area (Å²) in [6, 6.07) is 7.57. The third-order valence-electron chi connectivity index (χ3n) is 3.44. The van der Waals surface area contributed by atoms with Crippen molar-refractivity contribution in [3.05, 3.63) is 29.8 Å². The van der Waals surface area contributed by atoms with Crippen molar-refractivity contribution < 1.29 is 14.3 Å². The molecule has 0 N–H and O–H groups in total. The highest BCUT2D eigenvalue weighted by Crippen LogP contribution is 2.31. The molecule has 1 aromatic carbocycles. The van der Waals surface area contributed by atoms with E-state index in [9.17, 15) is 9.59 Å². The zero-order chi connectivity index (χ0) is 13.3. The van der Waals surface area contributed by atoms with Gasteiger partial charge in [-0.1, -0.05) is 12.1 Å². The first-order valence-electron chi connectivity index (χ1n) is 6.01. The predicted molar refractivity (Wildman–Crippen MR) is 68.3 cm³/mol. The molecule has 1 saturated heterocycles. The van der Waals surface area contributed by atoms with Gasteiger partial charge in [0, 0.05) is 18.2 Å². The summed E-state index contributed by atoms with van der Waals surface area (Å²) in [5.74, 6) is -0.711. The van der Waals surface area contributed by atoms with Gasteiger partial charge in [0.15, 0.2) is 0 Å². The van der Waals surface area contributed by atoms with E-state index in [1.165, 1.54) is 7.11 Å². The minimum Gasteiger partial charge on any atom is -0.469 e. The SMILES string of the molecule is COC(=O)C1CC(=O)N(c2cccc(C)c2)C1C. The van der Waals surface area contributed by atoms with E-state index in [2.05, 4.69) is 0 Å². The lowest BCUT2D eigenvalue weighted by atomic mass is 10.0. The standard InChI is InChI=1S/C14H17NO3/c1-9-5-4-6-11(7-9)15-10(2)12(8-13(15)16)14(17)18-3/h4-7,10,12H,8H2,1-3H3. The minimum atomic E-state index is -0.372. The van der Waals surface area contributed by atoms with Crippen LogP contribution in [0.5, 0.6) is 0 Å². The number of esters is 1. The summed E-state index contributed by atoms with van der Waals surface area (Å²) < 4.78 is 4.74. The molecule has 1 heterocycles. The summed E-state index contributed by atoms with van der Waals surface area (Å²) in [6.07, 6.45) is 0.224. The Kier molecular flexibility index (Phi) is 3.36. The van der Waals surface area contributed by atoms with Gasteiger partial charge in [-0.2, -0.15) is 0 Å². The number of hydrogen-bond donors (Lipinski definition) is 0. The molecular formula is C14H17NO3. The summed E-state index contributed by atoms with van der Waals surface area (Å²) in [4.78, 5) is 25.3. The zero-order valence-electron chi connectivity index (χ0n) is 10.8. The van der Waals surface area contributed by atoms with Crippen molar-refractivity contribution in [2.24, 2.45) is 5.92 Å². The number of carbonyl (C=O) groups excluding carboxylic acids is 2. The quantitative estimate of drug-likeness (QED) is 0.750. The van der Waals surface area contributed by atoms with Crippen LogP contribution >= 0.6 is 0 Å². The smallest absolute Gasteiger partial charge is 0.311 e. The van der Waals surface area contributed by atoms with E-state index in [1.807, 2.05) is 38.1 Å². The number of hydrogen-bond acceptors (Lipinski definition) is 3. The number of benzene rings is 1. The van der Waals surface area contributed by atoms with Crippen LogP contribution in [0.1, 0.15) is 18.9 Å². The van der Waals surface area contributed by atoms with E-state index in [-0.39, 0.29) is 30.3 Å². The van der Waals surface area contributed by atoms with Gasteiger partial charge in [-0.15, -0.1) is 0 Å². The maximum atomic E-state index is 12.0. The van der Waals surface area contributed by atoms with Crippen LogP contribution in [-0.4, -0.2) is 25.0 Å². The first-order chi connectivity index (χ1) is 8.54. The van der Waals surface area contributed by atoms with Gasteiger partial charge in [-0.3, -0.25) is 9.59 Å². The number of rotatable bonds is 2. The lowest BCUT2D eigenvalue weighted by molar-refractivity contribution is -0.146. The highest BCUT2D eigenvalue weighted by Gasteiger charge is 2.42. The molecule has 2 atom stereocenters. The highest BCUT2D eigenvalue weighted by atomic mass is 16.5. The average Bonchev–Trinajstić information content (AvgIpc) is 2.64. The average molecular weight is 247 g/mol. The normalized spacial score (nSPS) is 23.3. The lowest BCUT2D eigenvalue weighted by Gasteiger charge is -2.24. The van der Waals surface area contributed by atoms with Crippen LogP contribution in [0.2, 0.25) is 0 Å². The molecule has 0 aliphatic carbocycles. The number of amides is 1. The molecule has 18 heavy (non-hydrogen) atoms. The fourth-order valence-electron chi connectivity index (χ4n) is 2.45. The van der Waals surface area contributed by atoms with Gasteiger partial charge in [-0.25, -0.2) is 0 Å². The molecule has 4 nitrogen and oxygen atoms in total. The van der Waals surface area contributed by atoms with Gasteiger partial charge in [0.05, 0.1) is 13.0 Å². The molecule has 2 rings (SSSR count). The second kappa shape index (κ2) is 4.80. The topological polar surface area (TPSA) is 46.6 Å². The van der Waals surface area contributed by atoms with Crippen LogP contribution in [0.3, 0.4) is 0 Å². The second-order valence-electron chi connectivity index (χ2n) is 4.68. The zero-order valence-corrected chi connectivity index (χ0v) is 10.8. The molecule has 1 fully saturated rings. The second-order valence-corrected chi connectivity index (χ2v) is 4.68. The van der Waals surface area contributed by atoms with Gasteiger partial charge < -0.3 is 9.64 Å². The van der Waals surface area contributed by atoms with E-state index < -0.39 is 0 Å². The van der Waals surface area contributed by atoms with E-state index >= 15 is 0 Å². The molecule has 0 spiro atoms. The maximum Gasteiger partial charge on any atom is 0.311 e. The van der Waals surface area contributed by atoms with E-state index in [0.29, 0.717) is 0 Å². The molecule has 0 bridgehead atoms. The van der Waals surface area contributed by atoms with Crippen LogP contribution in [0.15, 0.2) is 24.3 Å². The Morgan fingerprint density at radius 1 is 1.44 bits per heavy atom. The Morgan fingerprint density at radius 2 is 2.17 bits per heavy atom. The molecule has 1 amide bonds. The van der Waals surface area contributed by atoms with Crippen molar-refractivity contribution in [3.8, 4) is 0 Å². The molecular weight excluding hydrogens is 230 g/mol. The molecule has 2 unspecified atom stereocenters. The van der Waals surface area contributed by atoms with Crippen LogP contribution in [0, 0.1) is 12.8 Å². The van der Waals surface area contributed by atoms with Crippen molar-refractivity contribution in [3.63, 3.8) is 0 Å². The summed E-state index contributed by atoms with van der Waals surface area (Å²) >= 11 is 0. The molecule has 1 aliphatic rings. The Morgan fingerprint density at radius 3 is 2.78 bits per heavy atom. The van der Waals surface area contributed by atoms with E-state index in [1.54, 1.807) is 4.90 Å². The Bertz CT molecular complexity index is 484. The summed E-state index contributed by atoms with van der Waals surface area (Å²) in [5, 5.41) is 0. The molecule has 0 saturated carbocycles. The summed E-state index contributed by atoms with van der Waals surface area (Å²) in [6.45, 7) is 3.86. The number of anilines is 1. The number of methoxy groups -OCH3 is 1. The fraction of sp³-hybridized carbons (Fsp3) is 0.429. The first kappa shape index (κ1) is 12.6. The van der Waals surface area contributed by atoms with Crippen molar-refractivity contribution in [1.82, 2.24) is 0 Å². The van der Waals surface area contributed by atoms with Gasteiger partial charge >= 0.3 is 5.97 Å². The molecule has 0 radical (unpaired) electrons. The Labute approximate surface area is 107 Å². The molecule has 1 aliphatic heterocycles. The predicted octanol–water partition coefficient (Wildman–Crippen LogP) is 1.91. The van der Waals surface area contributed by atoms with E-state index in [0.717, 1.165) is 11.3 Å². The van der Waals surface area contributed by atoms with Gasteiger partial charge in [0.25, 0.3) is 0 Å². The first-order valence-corrected chi connectivity index (χ1v) is 6.01. The van der Waals surface area contributed by atoms with Gasteiger partial charge in [0.1, 0.15) is 0 Å². The Hall–Kier alpha value is -1.84. The van der Waals surface area contributed by atoms with Crippen molar-refractivity contribution in [2.45, 2.75) is 26.3 Å². The molecule has 1 aromatic rings. The third kappa shape index (κ3) is 2.10. The number of carbonyl (C=O) groups is 2. The maximum absolute atomic E-state index is 12.0.